The summed E-state index contributed by atoms with van der Waals surface area (Å²) in [5.74, 6) is -0.104. The second-order valence-corrected chi connectivity index (χ2v) is 6.88. The molecule has 1 aliphatic rings. The zero-order chi connectivity index (χ0) is 18.4. The van der Waals surface area contributed by atoms with E-state index in [0.717, 1.165) is 18.2 Å². The number of rotatable bonds is 8. The molecule has 0 spiro atoms. The maximum Gasteiger partial charge on any atom is 0.305 e. The summed E-state index contributed by atoms with van der Waals surface area (Å²) >= 11 is 6.35. The average Bonchev–Trinajstić information content (AvgIpc) is 2.85. The molecule has 134 valence electrons. The van der Waals surface area contributed by atoms with Gasteiger partial charge in [0.25, 0.3) is 5.91 Å². The van der Waals surface area contributed by atoms with Crippen molar-refractivity contribution < 1.29 is 24.2 Å². The minimum absolute atomic E-state index is 0.0641. The maximum atomic E-state index is 12.5. The standard InChI is InChI=1S/C17H19NO5S2/c1-3-9-23-15-11(5-4-6-12(15)22-2)10-13-16(21)18(17(24)25-13)8-7-14(19)20/h4-6,10H,3,7-9H2,1-2H3,(H,19,20)/b13-10-. The lowest BCUT2D eigenvalue weighted by Crippen LogP contribution is -2.30. The van der Waals surface area contributed by atoms with E-state index in [4.69, 9.17) is 26.8 Å². The molecular formula is C17H19NO5S2. The number of nitrogens with zero attached hydrogens (tertiary/aromatic N) is 1. The summed E-state index contributed by atoms with van der Waals surface area (Å²) in [6.07, 6.45) is 2.39. The van der Waals surface area contributed by atoms with E-state index in [-0.39, 0.29) is 18.9 Å². The van der Waals surface area contributed by atoms with Gasteiger partial charge in [0.2, 0.25) is 0 Å². The van der Waals surface area contributed by atoms with E-state index in [1.165, 1.54) is 4.90 Å². The number of ether oxygens (including phenoxy) is 2. The van der Waals surface area contributed by atoms with Crippen LogP contribution in [0.25, 0.3) is 6.08 Å². The van der Waals surface area contributed by atoms with Crippen molar-refractivity contribution in [2.75, 3.05) is 20.3 Å². The molecule has 0 unspecified atom stereocenters. The van der Waals surface area contributed by atoms with Gasteiger partial charge in [0.15, 0.2) is 11.5 Å². The van der Waals surface area contributed by atoms with Crippen LogP contribution in [0.5, 0.6) is 11.5 Å². The highest BCUT2D eigenvalue weighted by Gasteiger charge is 2.32. The van der Waals surface area contributed by atoms with E-state index in [0.29, 0.717) is 32.9 Å². The fraction of sp³-hybridized carbons (Fsp3) is 0.353. The third-order valence-electron chi connectivity index (χ3n) is 3.39. The Morgan fingerprint density at radius 1 is 1.44 bits per heavy atom. The summed E-state index contributed by atoms with van der Waals surface area (Å²) in [4.78, 5) is 25.0. The van der Waals surface area contributed by atoms with Crippen molar-refractivity contribution in [1.29, 1.82) is 0 Å². The summed E-state index contributed by atoms with van der Waals surface area (Å²) in [6, 6.07) is 5.44. The summed E-state index contributed by atoms with van der Waals surface area (Å²) in [5, 5.41) is 8.79. The number of carbonyl (C=O) groups is 2. The highest BCUT2D eigenvalue weighted by atomic mass is 32.2. The SMILES string of the molecule is CCCOc1c(/C=C2\SC(=S)N(CCC(=O)O)C2=O)cccc1OC. The lowest BCUT2D eigenvalue weighted by atomic mass is 10.1. The highest BCUT2D eigenvalue weighted by Crippen LogP contribution is 2.37. The summed E-state index contributed by atoms with van der Waals surface area (Å²) in [6.45, 7) is 2.60. The zero-order valence-corrected chi connectivity index (χ0v) is 15.6. The number of para-hydroxylation sites is 1. The first-order chi connectivity index (χ1) is 12.0. The van der Waals surface area contributed by atoms with Gasteiger partial charge in [-0.1, -0.05) is 43.0 Å². The van der Waals surface area contributed by atoms with Gasteiger partial charge < -0.3 is 14.6 Å². The Hall–Kier alpha value is -2.06. The number of aliphatic carboxylic acids is 1. The molecule has 0 atom stereocenters. The molecule has 0 radical (unpaired) electrons. The Bertz CT molecular complexity index is 717. The molecule has 8 heteroatoms. The Labute approximate surface area is 155 Å². The van der Waals surface area contributed by atoms with Gasteiger partial charge in [-0.3, -0.25) is 14.5 Å². The fourth-order valence-electron chi connectivity index (χ4n) is 2.21. The first kappa shape index (κ1) is 19.3. The monoisotopic (exact) mass is 381 g/mol. The van der Waals surface area contributed by atoms with Crippen LogP contribution in [0, 0.1) is 0 Å². The van der Waals surface area contributed by atoms with Gasteiger partial charge in [0.1, 0.15) is 4.32 Å². The van der Waals surface area contributed by atoms with Gasteiger partial charge in [-0.05, 0) is 18.6 Å². The van der Waals surface area contributed by atoms with Crippen LogP contribution < -0.4 is 9.47 Å². The van der Waals surface area contributed by atoms with Gasteiger partial charge in [-0.25, -0.2) is 0 Å². The van der Waals surface area contributed by atoms with Crippen LogP contribution in [0.3, 0.4) is 0 Å². The molecule has 1 fully saturated rings. The van der Waals surface area contributed by atoms with Gasteiger partial charge in [0, 0.05) is 12.1 Å². The van der Waals surface area contributed by atoms with Crippen LogP contribution in [-0.4, -0.2) is 46.5 Å². The number of thiocarbonyl (C=S) groups is 1. The number of benzene rings is 1. The molecule has 2 rings (SSSR count). The summed E-state index contributed by atoms with van der Waals surface area (Å²) in [7, 11) is 1.56. The van der Waals surface area contributed by atoms with Gasteiger partial charge in [-0.2, -0.15) is 0 Å². The number of hydrogen-bond donors (Lipinski definition) is 1. The number of carboxylic acid groups (broad SMARTS) is 1. The van der Waals surface area contributed by atoms with E-state index < -0.39 is 5.97 Å². The molecule has 1 amide bonds. The van der Waals surface area contributed by atoms with Crippen LogP contribution in [0.15, 0.2) is 23.1 Å². The van der Waals surface area contributed by atoms with Gasteiger partial charge >= 0.3 is 5.97 Å². The average molecular weight is 381 g/mol. The number of thioether (sulfide) groups is 1. The molecule has 6 nitrogen and oxygen atoms in total. The molecule has 1 aliphatic heterocycles. The Morgan fingerprint density at radius 2 is 2.20 bits per heavy atom. The van der Waals surface area contributed by atoms with Crippen LogP contribution in [0.1, 0.15) is 25.3 Å². The first-order valence-corrected chi connectivity index (χ1v) is 8.97. The predicted molar refractivity (Wildman–Crippen MR) is 101 cm³/mol. The second kappa shape index (κ2) is 8.87. The largest absolute Gasteiger partial charge is 0.493 e. The van der Waals surface area contributed by atoms with Crippen molar-refractivity contribution in [2.24, 2.45) is 0 Å². The second-order valence-electron chi connectivity index (χ2n) is 5.20. The molecule has 25 heavy (non-hydrogen) atoms. The molecular weight excluding hydrogens is 362 g/mol. The third-order valence-corrected chi connectivity index (χ3v) is 4.77. The lowest BCUT2D eigenvalue weighted by molar-refractivity contribution is -0.137. The van der Waals surface area contributed by atoms with Crippen LogP contribution in [-0.2, 0) is 9.59 Å². The minimum Gasteiger partial charge on any atom is -0.493 e. The van der Waals surface area contributed by atoms with Gasteiger partial charge in [0.05, 0.1) is 25.0 Å². The number of carboxylic acids is 1. The Kier molecular flexibility index (Phi) is 6.83. The smallest absolute Gasteiger partial charge is 0.305 e. The normalized spacial score (nSPS) is 15.8. The molecule has 1 saturated heterocycles. The van der Waals surface area contributed by atoms with Crippen molar-refractivity contribution in [2.45, 2.75) is 19.8 Å². The van der Waals surface area contributed by atoms with Crippen molar-refractivity contribution >= 4 is 46.3 Å². The molecule has 0 aromatic heterocycles. The molecule has 0 saturated carbocycles. The lowest BCUT2D eigenvalue weighted by Gasteiger charge is -2.13. The van der Waals surface area contributed by atoms with Crippen molar-refractivity contribution in [3.05, 3.63) is 28.7 Å². The highest BCUT2D eigenvalue weighted by molar-refractivity contribution is 8.26. The maximum absolute atomic E-state index is 12.5. The van der Waals surface area contributed by atoms with E-state index in [2.05, 4.69) is 0 Å². The zero-order valence-electron chi connectivity index (χ0n) is 14.0. The van der Waals surface area contributed by atoms with Crippen molar-refractivity contribution in [3.63, 3.8) is 0 Å². The van der Waals surface area contributed by atoms with Crippen molar-refractivity contribution in [3.8, 4) is 11.5 Å². The van der Waals surface area contributed by atoms with Gasteiger partial charge in [-0.15, -0.1) is 0 Å². The number of carbonyl (C=O) groups excluding carboxylic acids is 1. The number of amides is 1. The molecule has 0 bridgehead atoms. The topological polar surface area (TPSA) is 76.1 Å². The van der Waals surface area contributed by atoms with Crippen LogP contribution in [0.2, 0.25) is 0 Å². The van der Waals surface area contributed by atoms with E-state index in [1.807, 2.05) is 19.1 Å². The molecule has 1 heterocycles. The minimum atomic E-state index is -0.971. The van der Waals surface area contributed by atoms with E-state index in [1.54, 1.807) is 19.3 Å². The predicted octanol–water partition coefficient (Wildman–Crippen LogP) is 3.16. The molecule has 1 N–H and O–H groups in total. The van der Waals surface area contributed by atoms with Crippen LogP contribution in [0.4, 0.5) is 0 Å². The van der Waals surface area contributed by atoms with Crippen LogP contribution >= 0.6 is 24.0 Å². The molecule has 1 aromatic rings. The number of methoxy groups -OCH3 is 1. The Morgan fingerprint density at radius 3 is 2.84 bits per heavy atom. The van der Waals surface area contributed by atoms with E-state index >= 15 is 0 Å². The quantitative estimate of drug-likeness (QED) is 0.547. The summed E-state index contributed by atoms with van der Waals surface area (Å²) < 4.78 is 11.5. The molecule has 0 aliphatic carbocycles. The first-order valence-electron chi connectivity index (χ1n) is 7.74. The molecule has 1 aromatic carbocycles. The fourth-order valence-corrected chi connectivity index (χ4v) is 3.51. The summed E-state index contributed by atoms with van der Waals surface area (Å²) in [5.41, 5.74) is 0.714. The van der Waals surface area contributed by atoms with E-state index in [9.17, 15) is 9.59 Å². The number of hydrogen-bond acceptors (Lipinski definition) is 6. The van der Waals surface area contributed by atoms with Crippen molar-refractivity contribution in [1.82, 2.24) is 4.90 Å². The third kappa shape index (κ3) is 4.73. The Balaban J connectivity index is 2.29.